The van der Waals surface area contributed by atoms with E-state index in [2.05, 4.69) is 0 Å². The second-order valence-electron chi connectivity index (χ2n) is 5.55. The number of aryl methyl sites for hydroxylation is 1. The molecule has 0 bridgehead atoms. The van der Waals surface area contributed by atoms with E-state index in [1.165, 1.54) is 0 Å². The van der Waals surface area contributed by atoms with Gasteiger partial charge in [-0.15, -0.1) is 0 Å². The predicted molar refractivity (Wildman–Crippen MR) is 87.1 cm³/mol. The van der Waals surface area contributed by atoms with Crippen LogP contribution in [0.15, 0.2) is 12.1 Å². The van der Waals surface area contributed by atoms with Crippen molar-refractivity contribution in [2.45, 2.75) is 20.3 Å². The lowest BCUT2D eigenvalue weighted by atomic mass is 10.1. The Morgan fingerprint density at radius 2 is 1.57 bits per heavy atom. The van der Waals surface area contributed by atoms with Crippen LogP contribution in [0.1, 0.15) is 29.3 Å². The van der Waals surface area contributed by atoms with Crippen molar-refractivity contribution in [3.8, 4) is 11.5 Å². The molecule has 0 atom stereocenters. The molecule has 6 heteroatoms. The van der Waals surface area contributed by atoms with Crippen molar-refractivity contribution in [1.29, 1.82) is 0 Å². The van der Waals surface area contributed by atoms with Crippen LogP contribution < -0.4 is 9.47 Å². The van der Waals surface area contributed by atoms with Gasteiger partial charge in [0.15, 0.2) is 0 Å². The fourth-order valence-electron chi connectivity index (χ4n) is 2.77. The second-order valence-corrected chi connectivity index (χ2v) is 5.55. The summed E-state index contributed by atoms with van der Waals surface area (Å²) >= 11 is 0. The first-order chi connectivity index (χ1) is 11.0. The number of benzene rings is 1. The highest BCUT2D eigenvalue weighted by molar-refractivity contribution is 5.97. The third kappa shape index (κ3) is 3.57. The Morgan fingerprint density at radius 3 is 2.09 bits per heavy atom. The summed E-state index contributed by atoms with van der Waals surface area (Å²) in [6, 6.07) is 3.53. The van der Waals surface area contributed by atoms with Crippen molar-refractivity contribution in [3.05, 3.63) is 23.3 Å². The molecule has 0 N–H and O–H groups in total. The molecule has 23 heavy (non-hydrogen) atoms. The number of carbonyl (C=O) groups is 2. The van der Waals surface area contributed by atoms with Crippen molar-refractivity contribution in [1.82, 2.24) is 9.80 Å². The fourth-order valence-corrected chi connectivity index (χ4v) is 2.77. The lowest BCUT2D eigenvalue weighted by Crippen LogP contribution is -2.50. The minimum Gasteiger partial charge on any atom is -0.496 e. The van der Waals surface area contributed by atoms with Gasteiger partial charge >= 0.3 is 0 Å². The van der Waals surface area contributed by atoms with E-state index in [1.807, 2.05) is 19.9 Å². The molecule has 0 unspecified atom stereocenters. The molecular weight excluding hydrogens is 296 g/mol. The van der Waals surface area contributed by atoms with E-state index >= 15 is 0 Å². The number of rotatable bonds is 4. The number of amides is 2. The lowest BCUT2D eigenvalue weighted by Gasteiger charge is -2.35. The van der Waals surface area contributed by atoms with Gasteiger partial charge in [-0.1, -0.05) is 6.92 Å². The number of ether oxygens (including phenoxy) is 2. The molecule has 1 aromatic rings. The van der Waals surface area contributed by atoms with Crippen molar-refractivity contribution in [2.24, 2.45) is 0 Å². The Kier molecular flexibility index (Phi) is 5.47. The highest BCUT2D eigenvalue weighted by Gasteiger charge is 2.26. The van der Waals surface area contributed by atoms with E-state index < -0.39 is 0 Å². The van der Waals surface area contributed by atoms with Crippen LogP contribution in [0, 0.1) is 6.92 Å². The van der Waals surface area contributed by atoms with Gasteiger partial charge in [-0.2, -0.15) is 0 Å². The van der Waals surface area contributed by atoms with Crippen LogP contribution in [-0.4, -0.2) is 62.0 Å². The summed E-state index contributed by atoms with van der Waals surface area (Å²) in [4.78, 5) is 28.1. The van der Waals surface area contributed by atoms with Crippen molar-refractivity contribution in [2.75, 3.05) is 40.4 Å². The zero-order chi connectivity index (χ0) is 17.0. The molecule has 2 rings (SSSR count). The van der Waals surface area contributed by atoms with Crippen molar-refractivity contribution >= 4 is 11.8 Å². The maximum absolute atomic E-state index is 12.8. The van der Waals surface area contributed by atoms with Gasteiger partial charge in [-0.3, -0.25) is 9.59 Å². The van der Waals surface area contributed by atoms with E-state index in [4.69, 9.17) is 9.47 Å². The average Bonchev–Trinajstić information content (AvgIpc) is 2.60. The monoisotopic (exact) mass is 320 g/mol. The second kappa shape index (κ2) is 7.35. The number of methoxy groups -OCH3 is 2. The summed E-state index contributed by atoms with van der Waals surface area (Å²) in [5, 5.41) is 0. The number of hydrogen-bond acceptors (Lipinski definition) is 4. The van der Waals surface area contributed by atoms with Crippen LogP contribution in [0.2, 0.25) is 0 Å². The minimum absolute atomic E-state index is 0.0938. The third-order valence-corrected chi connectivity index (χ3v) is 4.17. The highest BCUT2D eigenvalue weighted by Crippen LogP contribution is 2.29. The predicted octanol–water partition coefficient (Wildman–Crippen LogP) is 1.71. The molecule has 0 spiro atoms. The summed E-state index contributed by atoms with van der Waals surface area (Å²) in [5.74, 6) is 1.24. The average molecular weight is 320 g/mol. The van der Waals surface area contributed by atoms with E-state index in [9.17, 15) is 9.59 Å². The fraction of sp³-hybridized carbons (Fsp3) is 0.529. The smallest absolute Gasteiger partial charge is 0.257 e. The van der Waals surface area contributed by atoms with Gasteiger partial charge in [0, 0.05) is 32.6 Å². The Hall–Kier alpha value is -2.24. The molecule has 126 valence electrons. The minimum atomic E-state index is -0.0938. The van der Waals surface area contributed by atoms with Gasteiger partial charge in [0.1, 0.15) is 11.5 Å². The van der Waals surface area contributed by atoms with Crippen LogP contribution >= 0.6 is 0 Å². The molecule has 1 saturated heterocycles. The molecule has 1 aromatic carbocycles. The van der Waals surface area contributed by atoms with Gasteiger partial charge in [0.05, 0.1) is 19.8 Å². The molecule has 0 saturated carbocycles. The molecule has 2 amide bonds. The van der Waals surface area contributed by atoms with E-state index in [-0.39, 0.29) is 11.8 Å². The molecule has 0 aliphatic carbocycles. The molecule has 0 aromatic heterocycles. The van der Waals surface area contributed by atoms with Crippen molar-refractivity contribution in [3.63, 3.8) is 0 Å². The maximum atomic E-state index is 12.8. The molecule has 1 aliphatic heterocycles. The van der Waals surface area contributed by atoms with Gasteiger partial charge in [-0.25, -0.2) is 0 Å². The Labute approximate surface area is 137 Å². The van der Waals surface area contributed by atoms with Gasteiger partial charge in [-0.05, 0) is 24.6 Å². The maximum Gasteiger partial charge on any atom is 0.257 e. The number of hydrogen-bond donors (Lipinski definition) is 0. The normalized spacial score (nSPS) is 14.6. The zero-order valence-corrected chi connectivity index (χ0v) is 14.2. The van der Waals surface area contributed by atoms with E-state index in [0.717, 1.165) is 5.56 Å². The first kappa shape index (κ1) is 17.1. The summed E-state index contributed by atoms with van der Waals surface area (Å²) in [6.45, 7) is 5.97. The molecule has 0 radical (unpaired) electrons. The van der Waals surface area contributed by atoms with Crippen LogP contribution in [0.25, 0.3) is 0 Å². The van der Waals surface area contributed by atoms with Crippen LogP contribution in [0.4, 0.5) is 0 Å². The van der Waals surface area contributed by atoms with Gasteiger partial charge in [0.25, 0.3) is 5.91 Å². The summed E-state index contributed by atoms with van der Waals surface area (Å²) in [6.07, 6.45) is 0.497. The summed E-state index contributed by atoms with van der Waals surface area (Å²) in [5.41, 5.74) is 1.41. The summed E-state index contributed by atoms with van der Waals surface area (Å²) in [7, 11) is 3.13. The Morgan fingerprint density at radius 1 is 1.00 bits per heavy atom. The number of piperazine rings is 1. The first-order valence-corrected chi connectivity index (χ1v) is 7.81. The quantitative estimate of drug-likeness (QED) is 0.847. The third-order valence-electron chi connectivity index (χ3n) is 4.17. The topological polar surface area (TPSA) is 59.1 Å². The largest absolute Gasteiger partial charge is 0.496 e. The number of nitrogens with zero attached hydrogens (tertiary/aromatic N) is 2. The van der Waals surface area contributed by atoms with E-state index in [0.29, 0.717) is 49.7 Å². The highest BCUT2D eigenvalue weighted by atomic mass is 16.5. The molecule has 1 heterocycles. The van der Waals surface area contributed by atoms with Crippen LogP contribution in [-0.2, 0) is 4.79 Å². The standard InChI is InChI=1S/C17H24N2O4/c1-5-16(20)18-6-8-19(9-7-18)17(21)13-11-14(22-3)12(2)10-15(13)23-4/h10-11H,5-9H2,1-4H3. The summed E-state index contributed by atoms with van der Waals surface area (Å²) < 4.78 is 10.7. The van der Waals surface area contributed by atoms with Crippen LogP contribution in [0.5, 0.6) is 11.5 Å². The molecular formula is C17H24N2O4. The Balaban J connectivity index is 2.17. The first-order valence-electron chi connectivity index (χ1n) is 7.81. The molecule has 1 aliphatic rings. The Bertz CT molecular complexity index is 593. The molecule has 6 nitrogen and oxygen atoms in total. The lowest BCUT2D eigenvalue weighted by molar-refractivity contribution is -0.132. The van der Waals surface area contributed by atoms with E-state index in [1.54, 1.807) is 30.1 Å². The van der Waals surface area contributed by atoms with Crippen molar-refractivity contribution < 1.29 is 19.1 Å². The van der Waals surface area contributed by atoms with Gasteiger partial charge < -0.3 is 19.3 Å². The molecule has 1 fully saturated rings. The van der Waals surface area contributed by atoms with Gasteiger partial charge in [0.2, 0.25) is 5.91 Å². The number of carbonyl (C=O) groups excluding carboxylic acids is 2. The SMILES string of the molecule is CCC(=O)N1CCN(C(=O)c2cc(OC)c(C)cc2OC)CC1. The van der Waals surface area contributed by atoms with Crippen LogP contribution in [0.3, 0.4) is 0 Å². The zero-order valence-electron chi connectivity index (χ0n) is 14.2.